The quantitative estimate of drug-likeness (QED) is 0.0195. The fraction of sp³-hybridized carbons (Fsp3) is 0.531. The van der Waals surface area contributed by atoms with Gasteiger partial charge < -0.3 is 33.3 Å². The Kier molecular flexibility index (Phi) is 76.9. The number of ether oxygens (including phenoxy) is 4. The third-order valence-electron chi connectivity index (χ3n) is 16.3. The van der Waals surface area contributed by atoms with Gasteiger partial charge in [-0.15, -0.1) is 0 Å². The van der Waals surface area contributed by atoms with Crippen LogP contribution in [0.2, 0.25) is 0 Å². The highest BCUT2D eigenvalue weighted by Gasteiger charge is 2.22. The van der Waals surface area contributed by atoms with E-state index in [1.54, 1.807) is 0 Å². The molecule has 0 aromatic carbocycles. The van der Waals surface area contributed by atoms with Crippen molar-refractivity contribution in [3.8, 4) is 0 Å². The van der Waals surface area contributed by atoms with Gasteiger partial charge in [-0.25, -0.2) is 0 Å². The number of rotatable bonds is 72. The molecule has 0 heterocycles. The van der Waals surface area contributed by atoms with Crippen molar-refractivity contribution in [2.75, 3.05) is 47.5 Å². The maximum absolute atomic E-state index is 13.0. The summed E-state index contributed by atoms with van der Waals surface area (Å²) < 4.78 is 22.8. The molecule has 0 aromatic heterocycles. The zero-order valence-corrected chi connectivity index (χ0v) is 66.7. The Hall–Kier alpha value is -7.17. The van der Waals surface area contributed by atoms with Crippen molar-refractivity contribution in [3.05, 3.63) is 255 Å². The molecule has 105 heavy (non-hydrogen) atoms. The minimum Gasteiger partial charge on any atom is -0.545 e. The lowest BCUT2D eigenvalue weighted by molar-refractivity contribution is -0.870. The molecular weight excluding hydrogens is 1300 g/mol. The first-order valence-electron chi connectivity index (χ1n) is 40.8. The van der Waals surface area contributed by atoms with Crippen LogP contribution in [0.5, 0.6) is 0 Å². The lowest BCUT2D eigenvalue weighted by Crippen LogP contribution is -2.44. The van der Waals surface area contributed by atoms with Crippen LogP contribution in [0, 0.1) is 0 Å². The number of allylic oxidation sites excluding steroid dienone is 42. The summed E-state index contributed by atoms with van der Waals surface area (Å²) in [5.74, 6) is -2.37. The van der Waals surface area contributed by atoms with Crippen LogP contribution < -0.4 is 5.11 Å². The summed E-state index contributed by atoms with van der Waals surface area (Å²) in [4.78, 5) is 37.6. The molecule has 0 saturated carbocycles. The Labute approximate surface area is 643 Å². The maximum Gasteiger partial charge on any atom is 0.306 e. The summed E-state index contributed by atoms with van der Waals surface area (Å²) in [7, 11) is 5.90. The number of hydrogen-bond acceptors (Lipinski definition) is 8. The SMILES string of the molecule is CC/C=C\C/C=C\C/C=C\C/C=C\C/C=C\C/C=C\C/C=C\C/C=C\C/C=C\C/C=C\C/C=C\C/C=C\CCCCC(=O)OC(COC(=O)CCCCCCCCCCCCCCC/C=C\C/C=C\C/C=C\C/C=C\C/C=C\C/C=C\C/C=C\C/C=C\C/C=C\CC)COC(OCC[N+](C)(C)C)C(=O)[O-]. The molecule has 0 fully saturated rings. The minimum atomic E-state index is -1.65. The number of nitrogens with zero attached hydrogens (tertiary/aromatic N) is 1. The second kappa shape index (κ2) is 82.5. The van der Waals surface area contributed by atoms with E-state index in [1.165, 1.54) is 64.2 Å². The van der Waals surface area contributed by atoms with Gasteiger partial charge in [0.2, 0.25) is 0 Å². The minimum absolute atomic E-state index is 0.126. The molecule has 0 aliphatic heterocycles. The van der Waals surface area contributed by atoms with E-state index in [1.807, 2.05) is 21.1 Å². The van der Waals surface area contributed by atoms with E-state index in [9.17, 15) is 19.5 Å². The molecule has 0 aromatic rings. The first-order chi connectivity index (χ1) is 51.6. The average molecular weight is 1440 g/mol. The molecule has 2 atom stereocenters. The summed E-state index contributed by atoms with van der Waals surface area (Å²) in [6, 6.07) is 0. The zero-order valence-electron chi connectivity index (χ0n) is 66.7. The van der Waals surface area contributed by atoms with Crippen molar-refractivity contribution in [3.63, 3.8) is 0 Å². The Balaban J connectivity index is 4.21. The third-order valence-corrected chi connectivity index (χ3v) is 16.3. The van der Waals surface area contributed by atoms with E-state index < -0.39 is 24.3 Å². The van der Waals surface area contributed by atoms with Crippen molar-refractivity contribution < 1.29 is 42.9 Å². The van der Waals surface area contributed by atoms with Gasteiger partial charge in [0.15, 0.2) is 12.4 Å². The number of unbranched alkanes of at least 4 members (excludes halogenated alkanes) is 15. The van der Waals surface area contributed by atoms with Crippen LogP contribution in [0.1, 0.15) is 271 Å². The zero-order chi connectivity index (χ0) is 76.0. The maximum atomic E-state index is 13.0. The number of carbonyl (C=O) groups is 3. The van der Waals surface area contributed by atoms with E-state index in [-0.39, 0.29) is 38.6 Å². The van der Waals surface area contributed by atoms with Crippen LogP contribution in [0.15, 0.2) is 255 Å². The van der Waals surface area contributed by atoms with Crippen LogP contribution in [-0.4, -0.2) is 82.3 Å². The Morgan fingerprint density at radius 3 is 0.781 bits per heavy atom. The third kappa shape index (κ3) is 84.0. The van der Waals surface area contributed by atoms with Crippen molar-refractivity contribution in [1.29, 1.82) is 0 Å². The number of carbonyl (C=O) groups excluding carboxylic acids is 3. The molecule has 0 radical (unpaired) electrons. The highest BCUT2D eigenvalue weighted by atomic mass is 16.7. The Morgan fingerprint density at radius 1 is 0.286 bits per heavy atom. The van der Waals surface area contributed by atoms with Gasteiger partial charge in [0, 0.05) is 12.8 Å². The van der Waals surface area contributed by atoms with Crippen LogP contribution in [0.4, 0.5) is 0 Å². The Morgan fingerprint density at radius 2 is 0.514 bits per heavy atom. The monoisotopic (exact) mass is 1440 g/mol. The number of carboxylic acid groups (broad SMARTS) is 1. The van der Waals surface area contributed by atoms with E-state index in [2.05, 4.69) is 269 Å². The highest BCUT2D eigenvalue weighted by Crippen LogP contribution is 2.15. The molecule has 0 aliphatic carbocycles. The summed E-state index contributed by atoms with van der Waals surface area (Å²) in [5.41, 5.74) is 0. The average Bonchev–Trinajstić information content (AvgIpc) is 1.97. The second-order valence-electron chi connectivity index (χ2n) is 27.2. The summed E-state index contributed by atoms with van der Waals surface area (Å²) in [6.45, 7) is 4.44. The fourth-order valence-corrected chi connectivity index (χ4v) is 10.2. The molecule has 2 unspecified atom stereocenters. The van der Waals surface area contributed by atoms with Crippen molar-refractivity contribution >= 4 is 17.9 Å². The predicted molar refractivity (Wildman–Crippen MR) is 452 cm³/mol. The van der Waals surface area contributed by atoms with Crippen molar-refractivity contribution in [1.82, 2.24) is 0 Å². The largest absolute Gasteiger partial charge is 0.545 e. The molecule has 9 nitrogen and oxygen atoms in total. The van der Waals surface area contributed by atoms with E-state index in [4.69, 9.17) is 18.9 Å². The van der Waals surface area contributed by atoms with Gasteiger partial charge in [-0.3, -0.25) is 9.59 Å². The summed E-state index contributed by atoms with van der Waals surface area (Å²) >= 11 is 0. The van der Waals surface area contributed by atoms with E-state index in [0.717, 1.165) is 173 Å². The summed E-state index contributed by atoms with van der Waals surface area (Å²) in [5, 5.41) is 11.9. The van der Waals surface area contributed by atoms with Crippen LogP contribution >= 0.6 is 0 Å². The first-order valence-corrected chi connectivity index (χ1v) is 40.8. The molecule has 0 bridgehead atoms. The standard InChI is InChI=1S/C96H147NO8/c1-6-8-10-12-14-16-18-20-22-24-26-28-30-32-34-36-38-40-42-44-46-47-49-50-52-54-56-58-60-62-64-66-68-70-72-74-76-78-80-82-84-86-93(98)103-90-92(91-104-96(95(100)101)102-89-88-97(3,4)5)105-94(99)87-85-83-81-79-77-75-73-71-69-67-65-63-61-59-57-55-53-51-48-45-43-41-39-37-35-33-31-29-27-25-23-21-19-17-15-13-11-9-7-2/h8-11,14-17,20-23,26-29,32-35,38-41,44-46,48-50,53-56,59,61,65,67,71,73,77,79,92,96H,6-7,12-13,18-19,24-25,30-31,36-37,42-43,47,51-52,57-58,60,62-64,66,68-70,72,74-76,78,80-91H2,1-5H3/b10-8-,11-9-,16-14-,17-15-,22-20-,23-21-,28-26-,29-27-,34-32-,35-33-,40-38-,41-39-,46-44-,48-45-,50-49-,55-53-,56-54-,61-59-,67-65-,73-71-,79-77-. The molecular formula is C96H147NO8. The Bertz CT molecular complexity index is 2690. The number of aliphatic carboxylic acids is 1. The molecule has 0 spiro atoms. The van der Waals surface area contributed by atoms with Gasteiger partial charge in [0.05, 0.1) is 40.3 Å². The number of likely N-dealkylation sites (N-methyl/N-ethyl adjacent to an activating group) is 1. The van der Waals surface area contributed by atoms with Crippen LogP contribution in [0.3, 0.4) is 0 Å². The molecule has 0 saturated heterocycles. The van der Waals surface area contributed by atoms with Crippen molar-refractivity contribution in [2.24, 2.45) is 0 Å². The fourth-order valence-electron chi connectivity index (χ4n) is 10.2. The van der Waals surface area contributed by atoms with Crippen LogP contribution in [0.25, 0.3) is 0 Å². The first kappa shape index (κ1) is 97.8. The van der Waals surface area contributed by atoms with Gasteiger partial charge in [0.25, 0.3) is 0 Å². The van der Waals surface area contributed by atoms with Crippen LogP contribution in [-0.2, 0) is 33.3 Å². The van der Waals surface area contributed by atoms with Gasteiger partial charge in [-0.2, -0.15) is 0 Å². The molecule has 9 heteroatoms. The molecule has 584 valence electrons. The lowest BCUT2D eigenvalue weighted by Gasteiger charge is -2.26. The van der Waals surface area contributed by atoms with Gasteiger partial charge in [-0.05, 0) is 173 Å². The predicted octanol–water partition coefficient (Wildman–Crippen LogP) is 25.6. The number of hydrogen-bond donors (Lipinski definition) is 0. The highest BCUT2D eigenvalue weighted by molar-refractivity contribution is 5.70. The molecule has 0 aliphatic rings. The van der Waals surface area contributed by atoms with Gasteiger partial charge in [0.1, 0.15) is 13.2 Å². The van der Waals surface area contributed by atoms with E-state index in [0.29, 0.717) is 17.4 Å². The number of carboxylic acids is 1. The summed E-state index contributed by atoms with van der Waals surface area (Å²) in [6.07, 6.45) is 131. The molecule has 0 amide bonds. The van der Waals surface area contributed by atoms with E-state index >= 15 is 0 Å². The molecule has 0 N–H and O–H groups in total. The van der Waals surface area contributed by atoms with Gasteiger partial charge >= 0.3 is 11.9 Å². The lowest BCUT2D eigenvalue weighted by atomic mass is 10.0. The second-order valence-corrected chi connectivity index (χ2v) is 27.2. The molecule has 0 rings (SSSR count). The number of quaternary nitrogens is 1. The van der Waals surface area contributed by atoms with Crippen molar-refractivity contribution in [2.45, 2.75) is 283 Å². The van der Waals surface area contributed by atoms with Gasteiger partial charge in [-0.1, -0.05) is 340 Å². The number of esters is 2. The topological polar surface area (TPSA) is 111 Å². The smallest absolute Gasteiger partial charge is 0.306 e. The normalized spacial score (nSPS) is 14.0.